The fraction of sp³-hybridized carbons (Fsp3) is 0.889. The van der Waals surface area contributed by atoms with Crippen molar-refractivity contribution in [3.05, 3.63) is 0 Å². The number of rotatable bonds is 6. The summed E-state index contributed by atoms with van der Waals surface area (Å²) in [7, 11) is 0. The monoisotopic (exact) mass is 202 g/mol. The molecule has 1 fully saturated rings. The SMILES string of the molecule is CSCC(C)NC(=O)CNC1CC1. The lowest BCUT2D eigenvalue weighted by atomic mass is 10.4. The Kier molecular flexibility index (Phi) is 4.59. The normalized spacial score (nSPS) is 18.3. The first-order chi connectivity index (χ1) is 6.22. The van der Waals surface area contributed by atoms with Crippen LogP contribution in [0, 0.1) is 0 Å². The molecular formula is C9H18N2OS. The van der Waals surface area contributed by atoms with Crippen LogP contribution >= 0.6 is 11.8 Å². The van der Waals surface area contributed by atoms with Crippen LogP contribution < -0.4 is 10.6 Å². The standard InChI is InChI=1S/C9H18N2OS/c1-7(6-13-2)11-9(12)5-10-8-3-4-8/h7-8,10H,3-6H2,1-2H3,(H,11,12). The van der Waals surface area contributed by atoms with E-state index in [-0.39, 0.29) is 11.9 Å². The van der Waals surface area contributed by atoms with Crippen molar-refractivity contribution >= 4 is 17.7 Å². The molecule has 1 unspecified atom stereocenters. The average Bonchev–Trinajstić information content (AvgIpc) is 2.84. The Balaban J connectivity index is 2.01. The van der Waals surface area contributed by atoms with Crippen molar-refractivity contribution in [1.29, 1.82) is 0 Å². The van der Waals surface area contributed by atoms with Crippen molar-refractivity contribution in [3.63, 3.8) is 0 Å². The van der Waals surface area contributed by atoms with Crippen LogP contribution in [0.1, 0.15) is 19.8 Å². The predicted octanol–water partition coefficient (Wildman–Crippen LogP) is 0.606. The van der Waals surface area contributed by atoms with E-state index in [1.165, 1.54) is 12.8 Å². The Morgan fingerprint density at radius 1 is 1.62 bits per heavy atom. The van der Waals surface area contributed by atoms with Gasteiger partial charge < -0.3 is 10.6 Å². The van der Waals surface area contributed by atoms with Gasteiger partial charge in [-0.1, -0.05) is 0 Å². The zero-order valence-electron chi connectivity index (χ0n) is 8.30. The highest BCUT2D eigenvalue weighted by atomic mass is 32.2. The fourth-order valence-electron chi connectivity index (χ4n) is 1.14. The van der Waals surface area contributed by atoms with E-state index in [9.17, 15) is 4.79 Å². The molecule has 0 saturated heterocycles. The van der Waals surface area contributed by atoms with E-state index < -0.39 is 0 Å². The molecule has 3 nitrogen and oxygen atoms in total. The van der Waals surface area contributed by atoms with E-state index >= 15 is 0 Å². The molecule has 1 aliphatic rings. The largest absolute Gasteiger partial charge is 0.352 e. The number of thioether (sulfide) groups is 1. The van der Waals surface area contributed by atoms with Crippen molar-refractivity contribution in [2.45, 2.75) is 31.8 Å². The number of carbonyl (C=O) groups is 1. The third-order valence-corrected chi connectivity index (χ3v) is 2.79. The van der Waals surface area contributed by atoms with Crippen LogP contribution in [0.15, 0.2) is 0 Å². The topological polar surface area (TPSA) is 41.1 Å². The third kappa shape index (κ3) is 5.16. The summed E-state index contributed by atoms with van der Waals surface area (Å²) in [6.45, 7) is 2.51. The summed E-state index contributed by atoms with van der Waals surface area (Å²) in [4.78, 5) is 11.3. The molecule has 2 N–H and O–H groups in total. The van der Waals surface area contributed by atoms with Gasteiger partial charge in [0.1, 0.15) is 0 Å². The Hall–Kier alpha value is -0.220. The second-order valence-corrected chi connectivity index (χ2v) is 4.49. The van der Waals surface area contributed by atoms with Crippen molar-refractivity contribution in [3.8, 4) is 0 Å². The molecule has 0 aromatic rings. The van der Waals surface area contributed by atoms with Crippen LogP contribution in [-0.2, 0) is 4.79 Å². The molecule has 0 aliphatic heterocycles. The summed E-state index contributed by atoms with van der Waals surface area (Å²) in [5.74, 6) is 1.10. The van der Waals surface area contributed by atoms with Crippen LogP contribution in [0.3, 0.4) is 0 Å². The minimum Gasteiger partial charge on any atom is -0.352 e. The third-order valence-electron chi connectivity index (χ3n) is 1.95. The lowest BCUT2D eigenvalue weighted by Gasteiger charge is -2.12. The molecule has 76 valence electrons. The van der Waals surface area contributed by atoms with Crippen molar-refractivity contribution in [1.82, 2.24) is 10.6 Å². The van der Waals surface area contributed by atoms with Gasteiger partial charge in [0, 0.05) is 17.8 Å². The van der Waals surface area contributed by atoms with E-state index in [0.717, 1.165) is 5.75 Å². The first kappa shape index (κ1) is 10.9. The zero-order valence-corrected chi connectivity index (χ0v) is 9.12. The second-order valence-electron chi connectivity index (χ2n) is 3.58. The van der Waals surface area contributed by atoms with Crippen LogP contribution in [0.5, 0.6) is 0 Å². The van der Waals surface area contributed by atoms with E-state index in [2.05, 4.69) is 10.6 Å². The Bertz CT molecular complexity index is 171. The van der Waals surface area contributed by atoms with Gasteiger partial charge in [0.25, 0.3) is 0 Å². The average molecular weight is 202 g/mol. The van der Waals surface area contributed by atoms with Crippen molar-refractivity contribution in [2.24, 2.45) is 0 Å². The van der Waals surface area contributed by atoms with E-state index in [1.54, 1.807) is 11.8 Å². The number of amides is 1. The number of nitrogens with one attached hydrogen (secondary N) is 2. The second kappa shape index (κ2) is 5.50. The van der Waals surface area contributed by atoms with Gasteiger partial charge in [-0.25, -0.2) is 0 Å². The minimum atomic E-state index is 0.119. The quantitative estimate of drug-likeness (QED) is 0.663. The van der Waals surface area contributed by atoms with E-state index in [1.807, 2.05) is 13.2 Å². The molecule has 0 spiro atoms. The number of carbonyl (C=O) groups excluding carboxylic acids is 1. The van der Waals surface area contributed by atoms with Crippen LogP contribution in [0.4, 0.5) is 0 Å². The summed E-state index contributed by atoms with van der Waals surface area (Å²) in [6, 6.07) is 0.894. The molecule has 0 aromatic carbocycles. The Morgan fingerprint density at radius 3 is 2.85 bits per heavy atom. The summed E-state index contributed by atoms with van der Waals surface area (Å²) < 4.78 is 0. The van der Waals surface area contributed by atoms with Crippen molar-refractivity contribution < 1.29 is 4.79 Å². The van der Waals surface area contributed by atoms with Gasteiger partial charge in [0.05, 0.1) is 6.54 Å². The maximum absolute atomic E-state index is 11.3. The molecule has 1 rings (SSSR count). The fourth-order valence-corrected chi connectivity index (χ4v) is 1.73. The van der Waals surface area contributed by atoms with Gasteiger partial charge in [-0.05, 0) is 26.0 Å². The Labute approximate surface area is 84.0 Å². The van der Waals surface area contributed by atoms with Gasteiger partial charge in [-0.3, -0.25) is 4.79 Å². The number of hydrogen-bond acceptors (Lipinski definition) is 3. The summed E-state index contributed by atoms with van der Waals surface area (Å²) in [5.41, 5.74) is 0. The summed E-state index contributed by atoms with van der Waals surface area (Å²) >= 11 is 1.75. The minimum absolute atomic E-state index is 0.119. The number of hydrogen-bond donors (Lipinski definition) is 2. The first-order valence-corrected chi connectivity index (χ1v) is 6.13. The molecule has 1 saturated carbocycles. The van der Waals surface area contributed by atoms with Crippen LogP contribution in [0.25, 0.3) is 0 Å². The molecule has 0 radical (unpaired) electrons. The molecule has 1 atom stereocenters. The molecule has 0 heterocycles. The molecule has 13 heavy (non-hydrogen) atoms. The van der Waals surface area contributed by atoms with Gasteiger partial charge in [-0.2, -0.15) is 11.8 Å². The first-order valence-electron chi connectivity index (χ1n) is 4.74. The zero-order chi connectivity index (χ0) is 9.68. The highest BCUT2D eigenvalue weighted by Gasteiger charge is 2.21. The van der Waals surface area contributed by atoms with Crippen LogP contribution in [-0.4, -0.2) is 36.5 Å². The highest BCUT2D eigenvalue weighted by molar-refractivity contribution is 7.98. The van der Waals surface area contributed by atoms with Gasteiger partial charge >= 0.3 is 0 Å². The lowest BCUT2D eigenvalue weighted by molar-refractivity contribution is -0.120. The van der Waals surface area contributed by atoms with Gasteiger partial charge in [0.15, 0.2) is 0 Å². The molecule has 1 aliphatic carbocycles. The molecular weight excluding hydrogens is 184 g/mol. The van der Waals surface area contributed by atoms with Gasteiger partial charge in [-0.15, -0.1) is 0 Å². The Morgan fingerprint density at radius 2 is 2.31 bits per heavy atom. The summed E-state index contributed by atoms with van der Waals surface area (Å²) in [6.07, 6.45) is 4.51. The van der Waals surface area contributed by atoms with Crippen molar-refractivity contribution in [2.75, 3.05) is 18.6 Å². The molecule has 0 aromatic heterocycles. The maximum atomic E-state index is 11.3. The van der Waals surface area contributed by atoms with Crippen LogP contribution in [0.2, 0.25) is 0 Å². The molecule has 0 bridgehead atoms. The summed E-state index contributed by atoms with van der Waals surface area (Å²) in [5, 5.41) is 6.13. The highest BCUT2D eigenvalue weighted by Crippen LogP contribution is 2.17. The predicted molar refractivity (Wildman–Crippen MR) is 57.0 cm³/mol. The lowest BCUT2D eigenvalue weighted by Crippen LogP contribution is -2.40. The van der Waals surface area contributed by atoms with E-state index in [0.29, 0.717) is 12.6 Å². The van der Waals surface area contributed by atoms with Gasteiger partial charge in [0.2, 0.25) is 5.91 Å². The smallest absolute Gasteiger partial charge is 0.234 e. The molecule has 1 amide bonds. The molecule has 4 heteroatoms. The van der Waals surface area contributed by atoms with E-state index in [4.69, 9.17) is 0 Å². The maximum Gasteiger partial charge on any atom is 0.234 e.